The minimum atomic E-state index is -0.631. The Morgan fingerprint density at radius 3 is 2.33 bits per heavy atom. The van der Waals surface area contributed by atoms with Gasteiger partial charge in [0.1, 0.15) is 24.0 Å². The second-order valence-corrected chi connectivity index (χ2v) is 5.32. The van der Waals surface area contributed by atoms with Gasteiger partial charge < -0.3 is 10.1 Å². The largest absolute Gasteiger partial charge is 0.489 e. The fourth-order valence-electron chi connectivity index (χ4n) is 2.19. The van der Waals surface area contributed by atoms with Crippen LogP contribution in [0.2, 0.25) is 0 Å². The minimum absolute atomic E-state index is 0.206. The van der Waals surface area contributed by atoms with E-state index in [2.05, 4.69) is 5.32 Å². The van der Waals surface area contributed by atoms with E-state index in [9.17, 15) is 8.78 Å². The standard InChI is InChI=1S/C17H17F2NO/c18-14-7-15(19)9-17(8-14)21-11-13-4-2-1-3-12(13)10-20-16-5-6-16/h1-4,7-9,16,20H,5-6,10-11H2. The topological polar surface area (TPSA) is 21.3 Å². The molecule has 2 aromatic rings. The predicted molar refractivity (Wildman–Crippen MR) is 77.0 cm³/mol. The summed E-state index contributed by atoms with van der Waals surface area (Å²) in [5.41, 5.74) is 2.18. The molecule has 0 aliphatic heterocycles. The molecule has 0 heterocycles. The Morgan fingerprint density at radius 1 is 1.00 bits per heavy atom. The maximum Gasteiger partial charge on any atom is 0.129 e. The van der Waals surface area contributed by atoms with Crippen molar-refractivity contribution in [3.63, 3.8) is 0 Å². The molecular weight excluding hydrogens is 272 g/mol. The van der Waals surface area contributed by atoms with Crippen LogP contribution in [0.15, 0.2) is 42.5 Å². The van der Waals surface area contributed by atoms with Crippen molar-refractivity contribution in [3.05, 3.63) is 65.2 Å². The van der Waals surface area contributed by atoms with Crippen molar-refractivity contribution in [3.8, 4) is 5.75 Å². The first kappa shape index (κ1) is 14.0. The molecule has 110 valence electrons. The third kappa shape index (κ3) is 4.02. The number of halogens is 2. The van der Waals surface area contributed by atoms with Crippen molar-refractivity contribution >= 4 is 0 Å². The quantitative estimate of drug-likeness (QED) is 0.873. The van der Waals surface area contributed by atoms with Crippen LogP contribution in [0.1, 0.15) is 24.0 Å². The molecule has 0 saturated heterocycles. The summed E-state index contributed by atoms with van der Waals surface area (Å²) in [5.74, 6) is -1.06. The molecule has 1 saturated carbocycles. The van der Waals surface area contributed by atoms with Gasteiger partial charge in [0.25, 0.3) is 0 Å². The van der Waals surface area contributed by atoms with E-state index in [1.807, 2.05) is 24.3 Å². The number of hydrogen-bond acceptors (Lipinski definition) is 2. The van der Waals surface area contributed by atoms with Crippen LogP contribution in [-0.4, -0.2) is 6.04 Å². The first-order valence-corrected chi connectivity index (χ1v) is 7.10. The minimum Gasteiger partial charge on any atom is -0.489 e. The van der Waals surface area contributed by atoms with Crippen LogP contribution in [0.4, 0.5) is 8.78 Å². The Balaban J connectivity index is 1.66. The fraction of sp³-hybridized carbons (Fsp3) is 0.294. The van der Waals surface area contributed by atoms with Gasteiger partial charge in [-0.3, -0.25) is 0 Å². The van der Waals surface area contributed by atoms with Crippen LogP contribution in [0.5, 0.6) is 5.75 Å². The molecule has 1 N–H and O–H groups in total. The molecular formula is C17H17F2NO. The second-order valence-electron chi connectivity index (χ2n) is 5.32. The Morgan fingerprint density at radius 2 is 1.67 bits per heavy atom. The van der Waals surface area contributed by atoms with Crippen LogP contribution in [0, 0.1) is 11.6 Å². The molecule has 21 heavy (non-hydrogen) atoms. The van der Waals surface area contributed by atoms with Gasteiger partial charge in [0, 0.05) is 30.8 Å². The molecule has 0 spiro atoms. The summed E-state index contributed by atoms with van der Waals surface area (Å²) < 4.78 is 31.7. The van der Waals surface area contributed by atoms with E-state index in [1.165, 1.54) is 25.0 Å². The van der Waals surface area contributed by atoms with Crippen molar-refractivity contribution < 1.29 is 13.5 Å². The summed E-state index contributed by atoms with van der Waals surface area (Å²) in [6, 6.07) is 11.8. The van der Waals surface area contributed by atoms with Gasteiger partial charge in [-0.1, -0.05) is 24.3 Å². The van der Waals surface area contributed by atoms with Gasteiger partial charge in [0.15, 0.2) is 0 Å². The van der Waals surface area contributed by atoms with Gasteiger partial charge in [-0.2, -0.15) is 0 Å². The smallest absolute Gasteiger partial charge is 0.129 e. The van der Waals surface area contributed by atoms with E-state index in [0.29, 0.717) is 12.6 Å². The maximum absolute atomic E-state index is 13.1. The Labute approximate surface area is 122 Å². The summed E-state index contributed by atoms with van der Waals surface area (Å²) >= 11 is 0. The molecule has 0 amide bonds. The van der Waals surface area contributed by atoms with Crippen molar-refractivity contribution in [1.29, 1.82) is 0 Å². The average molecular weight is 289 g/mol. The van der Waals surface area contributed by atoms with E-state index in [-0.39, 0.29) is 5.75 Å². The van der Waals surface area contributed by atoms with E-state index in [4.69, 9.17) is 4.74 Å². The van der Waals surface area contributed by atoms with E-state index in [1.54, 1.807) is 0 Å². The number of ether oxygens (including phenoxy) is 1. The van der Waals surface area contributed by atoms with Gasteiger partial charge in [-0.25, -0.2) is 8.78 Å². The highest BCUT2D eigenvalue weighted by Gasteiger charge is 2.20. The lowest BCUT2D eigenvalue weighted by atomic mass is 10.1. The summed E-state index contributed by atoms with van der Waals surface area (Å²) in [5, 5.41) is 3.45. The van der Waals surface area contributed by atoms with E-state index < -0.39 is 11.6 Å². The van der Waals surface area contributed by atoms with Gasteiger partial charge in [-0.05, 0) is 24.0 Å². The summed E-state index contributed by atoms with van der Waals surface area (Å²) in [6.45, 7) is 1.09. The molecule has 0 bridgehead atoms. The van der Waals surface area contributed by atoms with E-state index in [0.717, 1.165) is 23.7 Å². The predicted octanol–water partition coefficient (Wildman–Crippen LogP) is 3.80. The highest BCUT2D eigenvalue weighted by atomic mass is 19.1. The Hall–Kier alpha value is -1.94. The molecule has 4 heteroatoms. The summed E-state index contributed by atoms with van der Waals surface area (Å²) in [6.07, 6.45) is 2.47. The van der Waals surface area contributed by atoms with Gasteiger partial charge in [-0.15, -0.1) is 0 Å². The molecule has 0 atom stereocenters. The normalized spacial score (nSPS) is 14.2. The molecule has 0 radical (unpaired) electrons. The third-order valence-corrected chi connectivity index (χ3v) is 3.51. The molecule has 1 fully saturated rings. The average Bonchev–Trinajstić information content (AvgIpc) is 3.27. The summed E-state index contributed by atoms with van der Waals surface area (Å²) in [4.78, 5) is 0. The molecule has 2 aromatic carbocycles. The van der Waals surface area contributed by atoms with Crippen molar-refractivity contribution in [2.24, 2.45) is 0 Å². The van der Waals surface area contributed by atoms with E-state index >= 15 is 0 Å². The van der Waals surface area contributed by atoms with Gasteiger partial charge >= 0.3 is 0 Å². The second kappa shape index (κ2) is 6.22. The number of nitrogens with one attached hydrogen (secondary N) is 1. The molecule has 1 aliphatic rings. The zero-order valence-corrected chi connectivity index (χ0v) is 11.6. The number of hydrogen-bond donors (Lipinski definition) is 1. The van der Waals surface area contributed by atoms with Crippen LogP contribution < -0.4 is 10.1 Å². The molecule has 0 unspecified atom stereocenters. The zero-order chi connectivity index (χ0) is 14.7. The molecule has 1 aliphatic carbocycles. The van der Waals surface area contributed by atoms with Crippen LogP contribution in [0.25, 0.3) is 0 Å². The Bertz CT molecular complexity index is 606. The first-order valence-electron chi connectivity index (χ1n) is 7.10. The molecule has 0 aromatic heterocycles. The molecule has 2 nitrogen and oxygen atoms in total. The van der Waals surface area contributed by atoms with Crippen LogP contribution in [-0.2, 0) is 13.2 Å². The highest BCUT2D eigenvalue weighted by Crippen LogP contribution is 2.21. The van der Waals surface area contributed by atoms with Crippen LogP contribution >= 0.6 is 0 Å². The highest BCUT2D eigenvalue weighted by molar-refractivity contribution is 5.28. The zero-order valence-electron chi connectivity index (χ0n) is 11.6. The lowest BCUT2D eigenvalue weighted by Gasteiger charge is -2.12. The van der Waals surface area contributed by atoms with Crippen LogP contribution in [0.3, 0.4) is 0 Å². The first-order chi connectivity index (χ1) is 10.2. The SMILES string of the molecule is Fc1cc(F)cc(OCc2ccccc2CNC2CC2)c1. The van der Waals surface area contributed by atoms with Gasteiger partial charge in [0.2, 0.25) is 0 Å². The lowest BCUT2D eigenvalue weighted by Crippen LogP contribution is -2.16. The maximum atomic E-state index is 13.1. The number of benzene rings is 2. The third-order valence-electron chi connectivity index (χ3n) is 3.51. The van der Waals surface area contributed by atoms with Crippen molar-refractivity contribution in [2.75, 3.05) is 0 Å². The summed E-state index contributed by atoms with van der Waals surface area (Å²) in [7, 11) is 0. The monoisotopic (exact) mass is 289 g/mol. The fourth-order valence-corrected chi connectivity index (χ4v) is 2.19. The van der Waals surface area contributed by atoms with Gasteiger partial charge in [0.05, 0.1) is 0 Å². The lowest BCUT2D eigenvalue weighted by molar-refractivity contribution is 0.301. The number of rotatable bonds is 6. The van der Waals surface area contributed by atoms with Crippen molar-refractivity contribution in [2.45, 2.75) is 32.0 Å². The molecule has 3 rings (SSSR count). The Kier molecular flexibility index (Phi) is 4.15. The van der Waals surface area contributed by atoms with Crippen molar-refractivity contribution in [1.82, 2.24) is 5.32 Å².